The van der Waals surface area contributed by atoms with Crippen molar-refractivity contribution >= 4 is 23.6 Å². The van der Waals surface area contributed by atoms with Crippen molar-refractivity contribution in [2.75, 3.05) is 25.0 Å². The molecule has 0 aliphatic carbocycles. The van der Waals surface area contributed by atoms with E-state index in [9.17, 15) is 14.4 Å². The van der Waals surface area contributed by atoms with E-state index in [0.717, 1.165) is 5.56 Å². The molecule has 130 valence electrons. The lowest BCUT2D eigenvalue weighted by Gasteiger charge is -2.34. The molecular weight excluding hydrogens is 310 g/mol. The third-order valence-corrected chi connectivity index (χ3v) is 4.04. The molecule has 0 saturated carbocycles. The maximum absolute atomic E-state index is 12.2. The Bertz CT molecular complexity index is 632. The van der Waals surface area contributed by atoms with Crippen LogP contribution in [0.1, 0.15) is 18.9 Å². The van der Waals surface area contributed by atoms with Crippen molar-refractivity contribution in [1.29, 1.82) is 0 Å². The first kappa shape index (κ1) is 17.8. The second kappa shape index (κ2) is 7.81. The van der Waals surface area contributed by atoms with Crippen LogP contribution in [0.25, 0.3) is 0 Å². The number of benzene rings is 1. The molecule has 0 spiro atoms. The number of amides is 3. The minimum Gasteiger partial charge on any atom is -0.481 e. The largest absolute Gasteiger partial charge is 0.481 e. The first-order valence-electron chi connectivity index (χ1n) is 7.97. The minimum absolute atomic E-state index is 0.130. The van der Waals surface area contributed by atoms with E-state index in [1.807, 2.05) is 32.0 Å². The number of aliphatic carboxylic acids is 1. The number of anilines is 1. The van der Waals surface area contributed by atoms with E-state index in [1.54, 1.807) is 6.07 Å². The van der Waals surface area contributed by atoms with Gasteiger partial charge in [0.15, 0.2) is 0 Å². The molecule has 1 aliphatic heterocycles. The predicted octanol–water partition coefficient (Wildman–Crippen LogP) is 1.69. The zero-order valence-electron chi connectivity index (χ0n) is 13.9. The molecule has 0 aromatic heterocycles. The standard InChI is InChI=1S/C17H23N3O4/c1-11-4-3-5-14(7-11)19-17(24)18-8-15(21)20-9-12(2)6-13(10-20)16(22)23/h3-5,7,12-13H,6,8-10H2,1-2H3,(H,22,23)(H2,18,19,24). The summed E-state index contributed by atoms with van der Waals surface area (Å²) in [6, 6.07) is 6.87. The van der Waals surface area contributed by atoms with Gasteiger partial charge in [-0.15, -0.1) is 0 Å². The summed E-state index contributed by atoms with van der Waals surface area (Å²) in [6.07, 6.45) is 0.570. The second-order valence-electron chi connectivity index (χ2n) is 6.35. The molecular formula is C17H23N3O4. The van der Waals surface area contributed by atoms with E-state index in [2.05, 4.69) is 10.6 Å². The Morgan fingerprint density at radius 3 is 2.71 bits per heavy atom. The Labute approximate surface area is 141 Å². The predicted molar refractivity (Wildman–Crippen MR) is 89.7 cm³/mol. The molecule has 2 rings (SSSR count). The van der Waals surface area contributed by atoms with Gasteiger partial charge in [0, 0.05) is 18.8 Å². The van der Waals surface area contributed by atoms with Crippen LogP contribution < -0.4 is 10.6 Å². The van der Waals surface area contributed by atoms with Crippen molar-refractivity contribution < 1.29 is 19.5 Å². The molecule has 2 atom stereocenters. The summed E-state index contributed by atoms with van der Waals surface area (Å²) in [7, 11) is 0. The number of nitrogens with zero attached hydrogens (tertiary/aromatic N) is 1. The van der Waals surface area contributed by atoms with E-state index >= 15 is 0 Å². The number of hydrogen-bond acceptors (Lipinski definition) is 3. The summed E-state index contributed by atoms with van der Waals surface area (Å²) in [5.74, 6) is -1.57. The maximum Gasteiger partial charge on any atom is 0.319 e. The van der Waals surface area contributed by atoms with Crippen LogP contribution in [0.5, 0.6) is 0 Å². The molecule has 1 saturated heterocycles. The molecule has 1 fully saturated rings. The fraction of sp³-hybridized carbons (Fsp3) is 0.471. The summed E-state index contributed by atoms with van der Waals surface area (Å²) in [4.78, 5) is 36.7. The number of likely N-dealkylation sites (tertiary alicyclic amines) is 1. The van der Waals surface area contributed by atoms with E-state index in [-0.39, 0.29) is 24.9 Å². The average Bonchev–Trinajstić information content (AvgIpc) is 2.52. The van der Waals surface area contributed by atoms with Gasteiger partial charge in [-0.3, -0.25) is 9.59 Å². The number of aryl methyl sites for hydroxylation is 1. The number of piperidine rings is 1. The fourth-order valence-electron chi connectivity index (χ4n) is 2.90. The van der Waals surface area contributed by atoms with Crippen LogP contribution in [0.15, 0.2) is 24.3 Å². The van der Waals surface area contributed by atoms with Gasteiger partial charge >= 0.3 is 12.0 Å². The minimum atomic E-state index is -0.885. The van der Waals surface area contributed by atoms with Crippen LogP contribution in [-0.2, 0) is 9.59 Å². The first-order chi connectivity index (χ1) is 11.3. The fourth-order valence-corrected chi connectivity index (χ4v) is 2.90. The summed E-state index contributed by atoms with van der Waals surface area (Å²) < 4.78 is 0. The lowest BCUT2D eigenvalue weighted by molar-refractivity contribution is -0.146. The van der Waals surface area contributed by atoms with Gasteiger partial charge in [0.1, 0.15) is 0 Å². The molecule has 1 aromatic carbocycles. The van der Waals surface area contributed by atoms with Crippen LogP contribution in [0, 0.1) is 18.8 Å². The molecule has 2 unspecified atom stereocenters. The number of hydrogen-bond donors (Lipinski definition) is 3. The van der Waals surface area contributed by atoms with E-state index in [0.29, 0.717) is 18.7 Å². The molecule has 24 heavy (non-hydrogen) atoms. The van der Waals surface area contributed by atoms with Crippen LogP contribution >= 0.6 is 0 Å². The first-order valence-corrected chi connectivity index (χ1v) is 7.97. The molecule has 3 amide bonds. The number of rotatable bonds is 4. The normalized spacial score (nSPS) is 20.3. The van der Waals surface area contributed by atoms with Crippen LogP contribution in [0.2, 0.25) is 0 Å². The topological polar surface area (TPSA) is 98.7 Å². The van der Waals surface area contributed by atoms with Gasteiger partial charge in [0.25, 0.3) is 0 Å². The number of carbonyl (C=O) groups excluding carboxylic acids is 2. The molecule has 1 aliphatic rings. The molecule has 7 nitrogen and oxygen atoms in total. The van der Waals surface area contributed by atoms with E-state index in [1.165, 1.54) is 4.90 Å². The number of nitrogens with one attached hydrogen (secondary N) is 2. The van der Waals surface area contributed by atoms with Gasteiger partial charge in [0.05, 0.1) is 12.5 Å². The molecule has 0 bridgehead atoms. The molecule has 7 heteroatoms. The monoisotopic (exact) mass is 333 g/mol. The summed E-state index contributed by atoms with van der Waals surface area (Å²) >= 11 is 0. The van der Waals surface area contributed by atoms with Crippen molar-refractivity contribution in [1.82, 2.24) is 10.2 Å². The number of carboxylic acids is 1. The Morgan fingerprint density at radius 1 is 1.29 bits per heavy atom. The smallest absolute Gasteiger partial charge is 0.319 e. The Kier molecular flexibility index (Phi) is 5.78. The Balaban J connectivity index is 1.83. The molecule has 1 aromatic rings. The van der Waals surface area contributed by atoms with Crippen molar-refractivity contribution in [3.8, 4) is 0 Å². The van der Waals surface area contributed by atoms with Crippen LogP contribution in [0.3, 0.4) is 0 Å². The van der Waals surface area contributed by atoms with Gasteiger partial charge in [-0.05, 0) is 37.0 Å². The summed E-state index contributed by atoms with van der Waals surface area (Å²) in [5, 5.41) is 14.3. The zero-order chi connectivity index (χ0) is 17.7. The lowest BCUT2D eigenvalue weighted by Crippen LogP contribution is -2.49. The highest BCUT2D eigenvalue weighted by Gasteiger charge is 2.31. The maximum atomic E-state index is 12.2. The molecule has 0 radical (unpaired) electrons. The Hall–Kier alpha value is -2.57. The second-order valence-corrected chi connectivity index (χ2v) is 6.35. The quantitative estimate of drug-likeness (QED) is 0.781. The van der Waals surface area contributed by atoms with Crippen LogP contribution in [0.4, 0.5) is 10.5 Å². The highest BCUT2D eigenvalue weighted by molar-refractivity contribution is 5.92. The zero-order valence-corrected chi connectivity index (χ0v) is 13.9. The van der Waals surface area contributed by atoms with E-state index < -0.39 is 17.9 Å². The number of carboxylic acid groups (broad SMARTS) is 1. The average molecular weight is 333 g/mol. The number of carbonyl (C=O) groups is 3. The van der Waals surface area contributed by atoms with Crippen molar-refractivity contribution in [3.63, 3.8) is 0 Å². The summed E-state index contributed by atoms with van der Waals surface area (Å²) in [5.41, 5.74) is 1.67. The highest BCUT2D eigenvalue weighted by Crippen LogP contribution is 2.21. The van der Waals surface area contributed by atoms with Crippen molar-refractivity contribution in [2.45, 2.75) is 20.3 Å². The van der Waals surface area contributed by atoms with Crippen molar-refractivity contribution in [3.05, 3.63) is 29.8 Å². The third-order valence-electron chi connectivity index (χ3n) is 4.04. The van der Waals surface area contributed by atoms with Gasteiger partial charge in [-0.2, -0.15) is 0 Å². The SMILES string of the molecule is Cc1cccc(NC(=O)NCC(=O)N2CC(C)CC(C(=O)O)C2)c1. The van der Waals surface area contributed by atoms with Gasteiger partial charge < -0.3 is 20.6 Å². The lowest BCUT2D eigenvalue weighted by atomic mass is 9.90. The highest BCUT2D eigenvalue weighted by atomic mass is 16.4. The van der Waals surface area contributed by atoms with Gasteiger partial charge in [-0.1, -0.05) is 19.1 Å². The van der Waals surface area contributed by atoms with Gasteiger partial charge in [0.2, 0.25) is 5.91 Å². The Morgan fingerprint density at radius 2 is 2.04 bits per heavy atom. The van der Waals surface area contributed by atoms with Gasteiger partial charge in [-0.25, -0.2) is 4.79 Å². The number of urea groups is 1. The van der Waals surface area contributed by atoms with Crippen molar-refractivity contribution in [2.24, 2.45) is 11.8 Å². The molecule has 3 N–H and O–H groups in total. The molecule has 1 heterocycles. The third kappa shape index (κ3) is 4.97. The van der Waals surface area contributed by atoms with Crippen LogP contribution in [-0.4, -0.2) is 47.5 Å². The summed E-state index contributed by atoms with van der Waals surface area (Å²) in [6.45, 7) is 4.40. The van der Waals surface area contributed by atoms with E-state index in [4.69, 9.17) is 5.11 Å².